The van der Waals surface area contributed by atoms with Crippen LogP contribution in [-0.2, 0) is 6.54 Å². The number of carbonyl (C=O) groups excluding carboxylic acids is 1. The zero-order valence-electron chi connectivity index (χ0n) is 12.5. The Kier molecular flexibility index (Phi) is 4.96. The number of benzene rings is 1. The lowest BCUT2D eigenvalue weighted by Gasteiger charge is -2.35. The lowest BCUT2D eigenvalue weighted by molar-refractivity contribution is 0.0285. The number of nitrogens with zero attached hydrogens (tertiary/aromatic N) is 1. The number of likely N-dealkylation sites (N-methyl/N-ethyl adjacent to an activating group) is 1. The van der Waals surface area contributed by atoms with Crippen LogP contribution in [0.4, 0.5) is 4.39 Å². The number of ketones is 1. The largest absolute Gasteiger partial charge is 0.507 e. The van der Waals surface area contributed by atoms with Gasteiger partial charge in [0, 0.05) is 18.2 Å². The summed E-state index contributed by atoms with van der Waals surface area (Å²) in [5, 5.41) is 20.2. The van der Waals surface area contributed by atoms with Gasteiger partial charge in [0.2, 0.25) is 0 Å². The molecule has 0 aliphatic heterocycles. The van der Waals surface area contributed by atoms with E-state index in [9.17, 15) is 19.4 Å². The Bertz CT molecular complexity index is 532. The van der Waals surface area contributed by atoms with Crippen LogP contribution < -0.4 is 0 Å². The van der Waals surface area contributed by atoms with Crippen molar-refractivity contribution in [3.05, 3.63) is 29.1 Å². The summed E-state index contributed by atoms with van der Waals surface area (Å²) in [5.74, 6) is -1.07. The first-order chi connectivity index (χ1) is 9.90. The number of rotatable bonds is 4. The van der Waals surface area contributed by atoms with E-state index in [1.54, 1.807) is 0 Å². The molecule has 0 amide bonds. The van der Waals surface area contributed by atoms with Crippen LogP contribution in [0, 0.1) is 5.82 Å². The molecule has 1 aromatic rings. The second-order valence-corrected chi connectivity index (χ2v) is 5.85. The minimum Gasteiger partial charge on any atom is -0.507 e. The molecule has 21 heavy (non-hydrogen) atoms. The number of carbonyl (C=O) groups is 1. The molecule has 2 rings (SSSR count). The molecule has 1 aliphatic carbocycles. The van der Waals surface area contributed by atoms with Gasteiger partial charge in [0.25, 0.3) is 0 Å². The van der Waals surface area contributed by atoms with Gasteiger partial charge < -0.3 is 10.2 Å². The van der Waals surface area contributed by atoms with E-state index in [4.69, 9.17) is 0 Å². The Hall–Kier alpha value is -1.46. The van der Waals surface area contributed by atoms with Crippen molar-refractivity contribution in [1.29, 1.82) is 0 Å². The number of phenols is 1. The standard InChI is InChI=1S/C16H22FNO3/c1-10(19)13-8-12(17)7-11(16(13)21)9-18(2)14-5-3-4-6-15(14)20/h7-8,14-15,20-21H,3-6,9H2,1-2H3. The first-order valence-corrected chi connectivity index (χ1v) is 7.30. The van der Waals surface area contributed by atoms with Crippen LogP contribution in [0.1, 0.15) is 48.5 Å². The molecular weight excluding hydrogens is 273 g/mol. The highest BCUT2D eigenvalue weighted by molar-refractivity contribution is 5.97. The highest BCUT2D eigenvalue weighted by atomic mass is 19.1. The fraction of sp³-hybridized carbons (Fsp3) is 0.562. The Morgan fingerprint density at radius 1 is 1.38 bits per heavy atom. The maximum atomic E-state index is 13.6. The van der Waals surface area contributed by atoms with Gasteiger partial charge in [-0.05, 0) is 38.9 Å². The van der Waals surface area contributed by atoms with Gasteiger partial charge in [0.15, 0.2) is 5.78 Å². The third-order valence-corrected chi connectivity index (χ3v) is 4.21. The molecule has 2 unspecified atom stereocenters. The van der Waals surface area contributed by atoms with Crippen molar-refractivity contribution in [2.45, 2.75) is 51.3 Å². The summed E-state index contributed by atoms with van der Waals surface area (Å²) < 4.78 is 13.6. The minimum atomic E-state index is -0.536. The summed E-state index contributed by atoms with van der Waals surface area (Å²) >= 11 is 0. The van der Waals surface area contributed by atoms with Crippen molar-refractivity contribution >= 4 is 5.78 Å². The molecule has 1 aliphatic rings. The molecule has 116 valence electrons. The molecule has 1 aromatic carbocycles. The van der Waals surface area contributed by atoms with Gasteiger partial charge >= 0.3 is 0 Å². The van der Waals surface area contributed by atoms with Crippen LogP contribution >= 0.6 is 0 Å². The predicted octanol–water partition coefficient (Wildman–Crippen LogP) is 2.47. The van der Waals surface area contributed by atoms with Gasteiger partial charge in [-0.2, -0.15) is 0 Å². The Morgan fingerprint density at radius 3 is 2.67 bits per heavy atom. The van der Waals surface area contributed by atoms with Crippen molar-refractivity contribution in [2.75, 3.05) is 7.05 Å². The lowest BCUT2D eigenvalue weighted by Crippen LogP contribution is -2.42. The van der Waals surface area contributed by atoms with Crippen molar-refractivity contribution in [2.24, 2.45) is 0 Å². The van der Waals surface area contributed by atoms with E-state index in [2.05, 4.69) is 0 Å². The molecule has 0 radical (unpaired) electrons. The van der Waals surface area contributed by atoms with Crippen molar-refractivity contribution in [3.8, 4) is 5.75 Å². The van der Waals surface area contributed by atoms with E-state index < -0.39 is 11.9 Å². The average Bonchev–Trinajstić information content (AvgIpc) is 2.42. The molecule has 4 nitrogen and oxygen atoms in total. The van der Waals surface area contributed by atoms with E-state index in [1.807, 2.05) is 11.9 Å². The highest BCUT2D eigenvalue weighted by Crippen LogP contribution is 2.28. The normalized spacial score (nSPS) is 22.5. The van der Waals surface area contributed by atoms with Crippen molar-refractivity contribution < 1.29 is 19.4 Å². The quantitative estimate of drug-likeness (QED) is 0.838. The molecule has 0 aromatic heterocycles. The van der Waals surface area contributed by atoms with E-state index in [0.717, 1.165) is 31.7 Å². The maximum Gasteiger partial charge on any atom is 0.163 e. The van der Waals surface area contributed by atoms with Gasteiger partial charge in [-0.15, -0.1) is 0 Å². The summed E-state index contributed by atoms with van der Waals surface area (Å²) in [4.78, 5) is 13.3. The van der Waals surface area contributed by atoms with Crippen LogP contribution in [-0.4, -0.2) is 40.1 Å². The van der Waals surface area contributed by atoms with E-state index in [0.29, 0.717) is 12.1 Å². The monoisotopic (exact) mass is 295 g/mol. The molecular formula is C16H22FNO3. The zero-order valence-corrected chi connectivity index (χ0v) is 12.5. The molecule has 1 saturated carbocycles. The molecule has 0 saturated heterocycles. The minimum absolute atomic E-state index is 0.00203. The predicted molar refractivity (Wildman–Crippen MR) is 77.8 cm³/mol. The molecule has 1 fully saturated rings. The first-order valence-electron chi connectivity index (χ1n) is 7.30. The van der Waals surface area contributed by atoms with Crippen LogP contribution in [0.15, 0.2) is 12.1 Å². The molecule has 2 atom stereocenters. The Morgan fingerprint density at radius 2 is 2.05 bits per heavy atom. The van der Waals surface area contributed by atoms with E-state index in [-0.39, 0.29) is 23.1 Å². The van der Waals surface area contributed by atoms with Crippen LogP contribution in [0.5, 0.6) is 5.75 Å². The molecule has 2 N–H and O–H groups in total. The second-order valence-electron chi connectivity index (χ2n) is 5.85. The summed E-state index contributed by atoms with van der Waals surface area (Å²) in [6.07, 6.45) is 3.33. The first kappa shape index (κ1) is 15.9. The second kappa shape index (κ2) is 6.54. The third kappa shape index (κ3) is 3.60. The lowest BCUT2D eigenvalue weighted by atomic mass is 9.91. The van der Waals surface area contributed by atoms with Gasteiger partial charge in [-0.1, -0.05) is 12.8 Å². The smallest absolute Gasteiger partial charge is 0.163 e. The van der Waals surface area contributed by atoms with Gasteiger partial charge in [-0.3, -0.25) is 9.69 Å². The number of aromatic hydroxyl groups is 1. The highest BCUT2D eigenvalue weighted by Gasteiger charge is 2.27. The zero-order chi connectivity index (χ0) is 15.6. The summed E-state index contributed by atoms with van der Waals surface area (Å²) in [7, 11) is 1.84. The van der Waals surface area contributed by atoms with Gasteiger partial charge in [0.05, 0.1) is 11.7 Å². The number of Topliss-reactive ketones (excluding diaryl/α,β-unsaturated/α-hetero) is 1. The summed E-state index contributed by atoms with van der Waals surface area (Å²) in [6.45, 7) is 1.60. The average molecular weight is 295 g/mol. The topological polar surface area (TPSA) is 60.8 Å². The van der Waals surface area contributed by atoms with Crippen molar-refractivity contribution in [3.63, 3.8) is 0 Å². The van der Waals surface area contributed by atoms with Crippen LogP contribution in [0.25, 0.3) is 0 Å². The number of phenolic OH excluding ortho intramolecular Hbond substituents is 1. The van der Waals surface area contributed by atoms with E-state index in [1.165, 1.54) is 13.0 Å². The molecule has 5 heteroatoms. The van der Waals surface area contributed by atoms with Gasteiger partial charge in [-0.25, -0.2) is 4.39 Å². The molecule has 0 heterocycles. The number of halogens is 1. The van der Waals surface area contributed by atoms with Crippen LogP contribution in [0.2, 0.25) is 0 Å². The Labute approximate surface area is 124 Å². The molecule has 0 spiro atoms. The summed E-state index contributed by atoms with van der Waals surface area (Å²) in [6, 6.07) is 2.30. The number of aliphatic hydroxyl groups excluding tert-OH is 1. The summed E-state index contributed by atoms with van der Waals surface area (Å²) in [5.41, 5.74) is 0.378. The fourth-order valence-corrected chi connectivity index (χ4v) is 3.04. The van der Waals surface area contributed by atoms with Crippen molar-refractivity contribution in [1.82, 2.24) is 4.90 Å². The number of hydrogen-bond acceptors (Lipinski definition) is 4. The number of aliphatic hydroxyl groups is 1. The maximum absolute atomic E-state index is 13.6. The SMILES string of the molecule is CC(=O)c1cc(F)cc(CN(C)C2CCCCC2O)c1O. The van der Waals surface area contributed by atoms with E-state index >= 15 is 0 Å². The fourth-order valence-electron chi connectivity index (χ4n) is 3.04. The van der Waals surface area contributed by atoms with Gasteiger partial charge in [0.1, 0.15) is 11.6 Å². The van der Waals surface area contributed by atoms with Crippen LogP contribution in [0.3, 0.4) is 0 Å². The number of hydrogen-bond donors (Lipinski definition) is 2. The Balaban J connectivity index is 2.20. The molecule has 0 bridgehead atoms. The third-order valence-electron chi connectivity index (χ3n) is 4.21.